The Balaban J connectivity index is 2.13. The van der Waals surface area contributed by atoms with Crippen LogP contribution in [0.5, 0.6) is 5.75 Å². The second kappa shape index (κ2) is 6.02. The van der Waals surface area contributed by atoms with Crippen LogP contribution < -0.4 is 4.74 Å². The van der Waals surface area contributed by atoms with Crippen molar-refractivity contribution in [1.29, 1.82) is 0 Å². The fraction of sp³-hybridized carbons (Fsp3) is 0.273. The average Bonchev–Trinajstić information content (AvgIpc) is 2.25. The number of hydrogen-bond donors (Lipinski definition) is 0. The molecule has 0 spiro atoms. The lowest BCUT2D eigenvalue weighted by Gasteiger charge is -2.05. The van der Waals surface area contributed by atoms with E-state index >= 15 is 0 Å². The van der Waals surface area contributed by atoms with Crippen LogP contribution in [0.25, 0.3) is 0 Å². The van der Waals surface area contributed by atoms with Gasteiger partial charge in [0, 0.05) is 6.42 Å². The Kier molecular flexibility index (Phi) is 4.55. The average molecular weight is 193 g/mol. The number of hydrogen-bond acceptors (Lipinski definition) is 3. The van der Waals surface area contributed by atoms with E-state index in [0.29, 0.717) is 6.61 Å². The van der Waals surface area contributed by atoms with Crippen LogP contribution in [-0.4, -0.2) is 19.2 Å². The number of rotatable bonds is 5. The van der Waals surface area contributed by atoms with Gasteiger partial charge in [-0.2, -0.15) is 0 Å². The van der Waals surface area contributed by atoms with Gasteiger partial charge in [-0.3, -0.25) is 4.79 Å². The van der Waals surface area contributed by atoms with E-state index in [1.165, 1.54) is 0 Å². The Hall–Kier alpha value is -1.51. The molecular weight excluding hydrogens is 180 g/mol. The Morgan fingerprint density at radius 3 is 2.57 bits per heavy atom. The van der Waals surface area contributed by atoms with Crippen molar-refractivity contribution in [3.05, 3.63) is 37.3 Å². The summed E-state index contributed by atoms with van der Waals surface area (Å²) in [7, 11) is 0. The standard InChI is InChI=1S/C11H13O3/c1-2-11(12)14-9-8-13-10-6-4-3-5-7-10/h3-7H,1-2,8-9H2. The van der Waals surface area contributed by atoms with Gasteiger partial charge in [0.15, 0.2) is 0 Å². The molecule has 1 radical (unpaired) electrons. The van der Waals surface area contributed by atoms with E-state index < -0.39 is 0 Å². The summed E-state index contributed by atoms with van der Waals surface area (Å²) in [6, 6.07) is 9.39. The lowest BCUT2D eigenvalue weighted by atomic mass is 10.3. The molecule has 0 unspecified atom stereocenters. The van der Waals surface area contributed by atoms with E-state index in [-0.39, 0.29) is 19.0 Å². The van der Waals surface area contributed by atoms with Crippen LogP contribution in [-0.2, 0) is 9.53 Å². The highest BCUT2D eigenvalue weighted by Crippen LogP contribution is 2.07. The largest absolute Gasteiger partial charge is 0.490 e. The van der Waals surface area contributed by atoms with E-state index in [1.807, 2.05) is 30.3 Å². The van der Waals surface area contributed by atoms with Crippen molar-refractivity contribution < 1.29 is 14.3 Å². The zero-order valence-corrected chi connectivity index (χ0v) is 7.94. The van der Waals surface area contributed by atoms with Gasteiger partial charge in [0.2, 0.25) is 0 Å². The van der Waals surface area contributed by atoms with Gasteiger partial charge in [-0.1, -0.05) is 18.2 Å². The van der Waals surface area contributed by atoms with Crippen LogP contribution in [0.1, 0.15) is 6.42 Å². The monoisotopic (exact) mass is 193 g/mol. The molecular formula is C11H13O3. The minimum absolute atomic E-state index is 0.158. The van der Waals surface area contributed by atoms with E-state index in [4.69, 9.17) is 9.47 Å². The molecule has 0 aliphatic heterocycles. The van der Waals surface area contributed by atoms with Crippen molar-refractivity contribution in [3.8, 4) is 5.75 Å². The number of benzene rings is 1. The molecule has 0 saturated carbocycles. The van der Waals surface area contributed by atoms with E-state index in [1.54, 1.807) is 0 Å². The first kappa shape index (κ1) is 10.6. The summed E-state index contributed by atoms with van der Waals surface area (Å²) in [5, 5.41) is 0. The number of para-hydroxylation sites is 1. The van der Waals surface area contributed by atoms with Crippen molar-refractivity contribution in [3.63, 3.8) is 0 Å². The van der Waals surface area contributed by atoms with Crippen LogP contribution in [0.3, 0.4) is 0 Å². The Morgan fingerprint density at radius 1 is 1.21 bits per heavy atom. The first-order chi connectivity index (χ1) is 6.83. The van der Waals surface area contributed by atoms with Crippen LogP contribution >= 0.6 is 0 Å². The van der Waals surface area contributed by atoms with Gasteiger partial charge in [0.1, 0.15) is 19.0 Å². The summed E-state index contributed by atoms with van der Waals surface area (Å²) in [5.74, 6) is 0.472. The molecule has 14 heavy (non-hydrogen) atoms. The number of carbonyl (C=O) groups is 1. The van der Waals surface area contributed by atoms with Crippen molar-refractivity contribution in [2.45, 2.75) is 6.42 Å². The summed E-state index contributed by atoms with van der Waals surface area (Å²) in [6.45, 7) is 4.05. The predicted octanol–water partition coefficient (Wildman–Crippen LogP) is 1.83. The quantitative estimate of drug-likeness (QED) is 0.528. The summed E-state index contributed by atoms with van der Waals surface area (Å²) in [4.78, 5) is 10.7. The minimum Gasteiger partial charge on any atom is -0.490 e. The second-order valence-electron chi connectivity index (χ2n) is 2.63. The van der Waals surface area contributed by atoms with Crippen LogP contribution in [0.4, 0.5) is 0 Å². The molecule has 75 valence electrons. The first-order valence-corrected chi connectivity index (χ1v) is 4.45. The molecule has 0 fully saturated rings. The molecule has 0 amide bonds. The maximum absolute atomic E-state index is 10.7. The molecule has 1 aromatic rings. The van der Waals surface area contributed by atoms with Gasteiger partial charge in [-0.15, -0.1) is 0 Å². The third-order valence-electron chi connectivity index (χ3n) is 1.56. The predicted molar refractivity (Wildman–Crippen MR) is 52.9 cm³/mol. The first-order valence-electron chi connectivity index (χ1n) is 4.45. The highest BCUT2D eigenvalue weighted by Gasteiger charge is 1.97. The summed E-state index contributed by atoms with van der Waals surface area (Å²) in [6.07, 6.45) is 0.158. The van der Waals surface area contributed by atoms with E-state index in [0.717, 1.165) is 5.75 Å². The molecule has 1 rings (SSSR count). The molecule has 1 aromatic carbocycles. The number of esters is 1. The molecule has 0 aromatic heterocycles. The third-order valence-corrected chi connectivity index (χ3v) is 1.56. The fourth-order valence-corrected chi connectivity index (χ4v) is 0.904. The number of ether oxygens (including phenoxy) is 2. The van der Waals surface area contributed by atoms with Crippen molar-refractivity contribution in [2.75, 3.05) is 13.2 Å². The maximum atomic E-state index is 10.7. The van der Waals surface area contributed by atoms with Crippen LogP contribution in [0, 0.1) is 6.92 Å². The summed E-state index contributed by atoms with van der Waals surface area (Å²) in [5.41, 5.74) is 0. The third kappa shape index (κ3) is 3.94. The summed E-state index contributed by atoms with van der Waals surface area (Å²) >= 11 is 0. The molecule has 0 aliphatic carbocycles. The molecule has 0 atom stereocenters. The second-order valence-corrected chi connectivity index (χ2v) is 2.63. The van der Waals surface area contributed by atoms with Gasteiger partial charge in [-0.05, 0) is 19.1 Å². The Labute approximate surface area is 83.6 Å². The smallest absolute Gasteiger partial charge is 0.305 e. The summed E-state index contributed by atoms with van der Waals surface area (Å²) < 4.78 is 10.1. The minimum atomic E-state index is -0.304. The molecule has 3 nitrogen and oxygen atoms in total. The van der Waals surface area contributed by atoms with Crippen LogP contribution in [0.2, 0.25) is 0 Å². The Morgan fingerprint density at radius 2 is 1.93 bits per heavy atom. The Bertz CT molecular complexity index is 269. The van der Waals surface area contributed by atoms with Crippen LogP contribution in [0.15, 0.2) is 30.3 Å². The lowest BCUT2D eigenvalue weighted by Crippen LogP contribution is -2.11. The molecule has 0 saturated heterocycles. The highest BCUT2D eigenvalue weighted by molar-refractivity contribution is 5.69. The molecule has 0 heterocycles. The van der Waals surface area contributed by atoms with E-state index in [2.05, 4.69) is 6.92 Å². The van der Waals surface area contributed by atoms with Gasteiger partial charge in [0.25, 0.3) is 0 Å². The van der Waals surface area contributed by atoms with Gasteiger partial charge < -0.3 is 9.47 Å². The topological polar surface area (TPSA) is 35.5 Å². The van der Waals surface area contributed by atoms with E-state index in [9.17, 15) is 4.79 Å². The van der Waals surface area contributed by atoms with Gasteiger partial charge in [0.05, 0.1) is 0 Å². The van der Waals surface area contributed by atoms with Gasteiger partial charge in [-0.25, -0.2) is 0 Å². The normalized spacial score (nSPS) is 9.50. The highest BCUT2D eigenvalue weighted by atomic mass is 16.6. The number of carbonyl (C=O) groups excluding carboxylic acids is 1. The molecule has 0 bridgehead atoms. The van der Waals surface area contributed by atoms with Gasteiger partial charge >= 0.3 is 5.97 Å². The maximum Gasteiger partial charge on any atom is 0.305 e. The lowest BCUT2D eigenvalue weighted by molar-refractivity contribution is -0.143. The molecule has 0 aliphatic rings. The van der Waals surface area contributed by atoms with Crippen molar-refractivity contribution >= 4 is 5.97 Å². The fourth-order valence-electron chi connectivity index (χ4n) is 0.904. The molecule has 0 N–H and O–H groups in total. The zero-order chi connectivity index (χ0) is 10.2. The van der Waals surface area contributed by atoms with Crippen molar-refractivity contribution in [1.82, 2.24) is 0 Å². The SMILES string of the molecule is [CH2]CC(=O)OCCOc1ccccc1. The van der Waals surface area contributed by atoms with Crippen molar-refractivity contribution in [2.24, 2.45) is 0 Å². The zero-order valence-electron chi connectivity index (χ0n) is 7.94. The molecule has 3 heteroatoms.